The monoisotopic (exact) mass is 378 g/mol. The van der Waals surface area contributed by atoms with Gasteiger partial charge in [0.2, 0.25) is 0 Å². The largest absolute Gasteiger partial charge is 0.332 e. The molecule has 0 spiro atoms. The standard InChI is InChI=1S/C22H19ClN2O2/c23-14-10-16-15-6-8-24-9-7-18(15)25-19(12-20(26)17(11-14)21(16)25)22(27)13-4-2-1-3-5-13/h1-5,10-11,19,24H,6-9,12H2. The Morgan fingerprint density at radius 1 is 1.11 bits per heavy atom. The molecule has 3 heterocycles. The number of halogens is 1. The number of benzene rings is 2. The van der Waals surface area contributed by atoms with E-state index >= 15 is 0 Å². The zero-order valence-corrected chi connectivity index (χ0v) is 15.6. The Labute approximate surface area is 162 Å². The topological polar surface area (TPSA) is 51.1 Å². The average Bonchev–Trinajstić information content (AvgIpc) is 2.84. The van der Waals surface area contributed by atoms with E-state index in [9.17, 15) is 9.59 Å². The molecule has 3 aromatic rings. The molecule has 0 fully saturated rings. The molecule has 2 aromatic carbocycles. The van der Waals surface area contributed by atoms with Crippen LogP contribution in [0.25, 0.3) is 10.9 Å². The first-order chi connectivity index (χ1) is 13.1. The first-order valence-electron chi connectivity index (χ1n) is 9.33. The predicted octanol–water partition coefficient (Wildman–Crippen LogP) is 3.99. The number of ketones is 2. The first-order valence-corrected chi connectivity index (χ1v) is 9.71. The lowest BCUT2D eigenvalue weighted by Gasteiger charge is -2.26. The van der Waals surface area contributed by atoms with Crippen molar-refractivity contribution in [1.82, 2.24) is 9.88 Å². The van der Waals surface area contributed by atoms with Gasteiger partial charge in [0.1, 0.15) is 6.04 Å². The Morgan fingerprint density at radius 2 is 1.89 bits per heavy atom. The number of carbonyl (C=O) groups is 2. The molecule has 0 saturated heterocycles. The maximum absolute atomic E-state index is 13.3. The van der Waals surface area contributed by atoms with E-state index in [2.05, 4.69) is 9.88 Å². The van der Waals surface area contributed by atoms with Crippen LogP contribution in [-0.4, -0.2) is 29.2 Å². The van der Waals surface area contributed by atoms with E-state index in [0.717, 1.165) is 36.8 Å². The molecule has 0 radical (unpaired) electrons. The van der Waals surface area contributed by atoms with E-state index in [1.54, 1.807) is 6.07 Å². The third-order valence-corrected chi connectivity index (χ3v) is 5.94. The number of nitrogens with one attached hydrogen (secondary N) is 1. The summed E-state index contributed by atoms with van der Waals surface area (Å²) in [6.07, 6.45) is 1.90. The minimum Gasteiger partial charge on any atom is -0.332 e. The summed E-state index contributed by atoms with van der Waals surface area (Å²) in [6, 6.07) is 12.5. The highest BCUT2D eigenvalue weighted by Crippen LogP contribution is 2.41. The summed E-state index contributed by atoms with van der Waals surface area (Å²) in [5.41, 5.74) is 4.57. The lowest BCUT2D eigenvalue weighted by Crippen LogP contribution is -2.29. The van der Waals surface area contributed by atoms with Crippen molar-refractivity contribution in [1.29, 1.82) is 0 Å². The summed E-state index contributed by atoms with van der Waals surface area (Å²) in [5, 5.41) is 5.03. The van der Waals surface area contributed by atoms with Gasteiger partial charge in [-0.3, -0.25) is 9.59 Å². The van der Waals surface area contributed by atoms with Gasteiger partial charge in [-0.2, -0.15) is 0 Å². The zero-order valence-electron chi connectivity index (χ0n) is 14.8. The molecule has 2 aliphatic heterocycles. The van der Waals surface area contributed by atoms with Crippen LogP contribution in [0, 0.1) is 0 Å². The van der Waals surface area contributed by atoms with E-state index in [-0.39, 0.29) is 18.0 Å². The van der Waals surface area contributed by atoms with Gasteiger partial charge in [0, 0.05) is 46.6 Å². The summed E-state index contributed by atoms with van der Waals surface area (Å²) in [7, 11) is 0. The number of nitrogens with zero attached hydrogens (tertiary/aromatic N) is 1. The highest BCUT2D eigenvalue weighted by molar-refractivity contribution is 6.32. The molecule has 4 nitrogen and oxygen atoms in total. The van der Waals surface area contributed by atoms with Crippen molar-refractivity contribution in [2.45, 2.75) is 25.3 Å². The molecular formula is C22H19ClN2O2. The second-order valence-corrected chi connectivity index (χ2v) is 7.70. The fraction of sp³-hybridized carbons (Fsp3) is 0.273. The molecule has 0 bridgehead atoms. The summed E-state index contributed by atoms with van der Waals surface area (Å²) in [6.45, 7) is 1.76. The summed E-state index contributed by atoms with van der Waals surface area (Å²) < 4.78 is 2.14. The number of aromatic nitrogens is 1. The summed E-state index contributed by atoms with van der Waals surface area (Å²) in [4.78, 5) is 26.2. The van der Waals surface area contributed by atoms with Gasteiger partial charge in [-0.1, -0.05) is 41.9 Å². The molecule has 0 saturated carbocycles. The van der Waals surface area contributed by atoms with E-state index in [0.29, 0.717) is 16.1 Å². The third kappa shape index (κ3) is 2.55. The van der Waals surface area contributed by atoms with Gasteiger partial charge in [-0.25, -0.2) is 0 Å². The lowest BCUT2D eigenvalue weighted by molar-refractivity contribution is 0.0850. The molecule has 1 atom stereocenters. The predicted molar refractivity (Wildman–Crippen MR) is 106 cm³/mol. The zero-order chi connectivity index (χ0) is 18.5. The molecule has 2 aliphatic rings. The summed E-state index contributed by atoms with van der Waals surface area (Å²) in [5.74, 6) is -0.00322. The van der Waals surface area contributed by atoms with E-state index in [1.807, 2.05) is 36.4 Å². The molecule has 0 amide bonds. The number of fused-ring (bicyclic) bond motifs is 3. The molecule has 1 aromatic heterocycles. The van der Waals surface area contributed by atoms with Gasteiger partial charge < -0.3 is 9.88 Å². The SMILES string of the molecule is O=C1CC(C(=O)c2ccccc2)n2c3c(c4cc(Cl)cc1c42)CCNCC3. The Hall–Kier alpha value is -2.43. The average molecular weight is 379 g/mol. The van der Waals surface area contributed by atoms with Crippen molar-refractivity contribution in [3.8, 4) is 0 Å². The van der Waals surface area contributed by atoms with Crippen LogP contribution in [0.5, 0.6) is 0 Å². The van der Waals surface area contributed by atoms with Gasteiger partial charge in [0.25, 0.3) is 0 Å². The maximum Gasteiger partial charge on any atom is 0.186 e. The van der Waals surface area contributed by atoms with Crippen molar-refractivity contribution >= 4 is 34.1 Å². The number of hydrogen-bond donors (Lipinski definition) is 1. The highest BCUT2D eigenvalue weighted by Gasteiger charge is 2.36. The van der Waals surface area contributed by atoms with Gasteiger partial charge in [-0.15, -0.1) is 0 Å². The smallest absolute Gasteiger partial charge is 0.186 e. The van der Waals surface area contributed by atoms with E-state index in [4.69, 9.17) is 11.6 Å². The highest BCUT2D eigenvalue weighted by atomic mass is 35.5. The van der Waals surface area contributed by atoms with Crippen molar-refractivity contribution in [3.63, 3.8) is 0 Å². The van der Waals surface area contributed by atoms with Crippen LogP contribution in [0.4, 0.5) is 0 Å². The van der Waals surface area contributed by atoms with Crippen LogP contribution >= 0.6 is 11.6 Å². The third-order valence-electron chi connectivity index (χ3n) is 5.72. The fourth-order valence-electron chi connectivity index (χ4n) is 4.56. The van der Waals surface area contributed by atoms with Crippen LogP contribution in [-0.2, 0) is 12.8 Å². The molecule has 1 N–H and O–H groups in total. The quantitative estimate of drug-likeness (QED) is 0.686. The molecular weight excluding hydrogens is 360 g/mol. The summed E-state index contributed by atoms with van der Waals surface area (Å²) >= 11 is 6.34. The van der Waals surface area contributed by atoms with Crippen molar-refractivity contribution in [2.24, 2.45) is 0 Å². The molecule has 0 aliphatic carbocycles. The Bertz CT molecular complexity index is 1080. The van der Waals surface area contributed by atoms with Gasteiger partial charge >= 0.3 is 0 Å². The molecule has 5 rings (SSSR count). The lowest BCUT2D eigenvalue weighted by atomic mass is 9.92. The first kappa shape index (κ1) is 16.7. The van der Waals surface area contributed by atoms with Crippen molar-refractivity contribution in [2.75, 3.05) is 13.1 Å². The maximum atomic E-state index is 13.3. The Kier molecular flexibility index (Phi) is 3.92. The van der Waals surface area contributed by atoms with Gasteiger partial charge in [0.15, 0.2) is 11.6 Å². The van der Waals surface area contributed by atoms with Crippen LogP contribution in [0.15, 0.2) is 42.5 Å². The Morgan fingerprint density at radius 3 is 2.70 bits per heavy atom. The number of carbonyl (C=O) groups excluding carboxylic acids is 2. The van der Waals surface area contributed by atoms with Crippen LogP contribution in [0.2, 0.25) is 5.02 Å². The second-order valence-electron chi connectivity index (χ2n) is 7.27. The number of hydrogen-bond acceptors (Lipinski definition) is 3. The minimum absolute atomic E-state index is 0.00135. The van der Waals surface area contributed by atoms with Crippen LogP contribution in [0.1, 0.15) is 44.4 Å². The number of Topliss-reactive ketones (excluding diaryl/α,β-unsaturated/α-hetero) is 2. The second kappa shape index (κ2) is 6.32. The molecule has 5 heteroatoms. The molecule has 1 unspecified atom stereocenters. The molecule has 27 heavy (non-hydrogen) atoms. The van der Waals surface area contributed by atoms with Crippen LogP contribution in [0.3, 0.4) is 0 Å². The van der Waals surface area contributed by atoms with Gasteiger partial charge in [-0.05, 0) is 30.7 Å². The molecule has 136 valence electrons. The van der Waals surface area contributed by atoms with Gasteiger partial charge in [0.05, 0.1) is 5.52 Å². The normalized spacial score (nSPS) is 19.0. The van der Waals surface area contributed by atoms with E-state index in [1.165, 1.54) is 11.3 Å². The van der Waals surface area contributed by atoms with E-state index < -0.39 is 6.04 Å². The Balaban J connectivity index is 1.79. The number of rotatable bonds is 2. The van der Waals surface area contributed by atoms with Crippen LogP contribution < -0.4 is 5.32 Å². The minimum atomic E-state index is -0.488. The van der Waals surface area contributed by atoms with Crippen molar-refractivity contribution < 1.29 is 9.59 Å². The van der Waals surface area contributed by atoms with Crippen molar-refractivity contribution in [3.05, 3.63) is 69.9 Å². The fourth-order valence-corrected chi connectivity index (χ4v) is 4.78.